The average molecular weight is 285 g/mol. The van der Waals surface area contributed by atoms with Gasteiger partial charge in [-0.15, -0.1) is 0 Å². The molecule has 1 fully saturated rings. The highest BCUT2D eigenvalue weighted by atomic mass is 19.4. The second kappa shape index (κ2) is 4.76. The van der Waals surface area contributed by atoms with Gasteiger partial charge in [0.1, 0.15) is 0 Å². The van der Waals surface area contributed by atoms with Crippen LogP contribution in [0.4, 0.5) is 13.2 Å². The third kappa shape index (κ3) is 3.00. The van der Waals surface area contributed by atoms with Gasteiger partial charge in [-0.3, -0.25) is 0 Å². The molecule has 2 N–H and O–H groups in total. The van der Waals surface area contributed by atoms with Gasteiger partial charge in [0.05, 0.1) is 5.56 Å². The van der Waals surface area contributed by atoms with Crippen molar-refractivity contribution >= 4 is 0 Å². The predicted octanol–water partition coefficient (Wildman–Crippen LogP) is 4.71. The molecule has 1 saturated carbocycles. The monoisotopic (exact) mass is 285 g/mol. The van der Waals surface area contributed by atoms with E-state index in [4.69, 9.17) is 5.73 Å². The number of hydrogen-bond donors (Lipinski definition) is 1. The van der Waals surface area contributed by atoms with Crippen LogP contribution < -0.4 is 5.73 Å². The molecule has 2 rings (SSSR count). The van der Waals surface area contributed by atoms with Gasteiger partial charge in [0.2, 0.25) is 0 Å². The first-order valence-electron chi connectivity index (χ1n) is 6.99. The molecular formula is C16H22F3N. The molecule has 1 aliphatic carbocycles. The maximum atomic E-state index is 13.2. The van der Waals surface area contributed by atoms with Gasteiger partial charge in [-0.25, -0.2) is 0 Å². The fourth-order valence-electron chi connectivity index (χ4n) is 4.01. The van der Waals surface area contributed by atoms with Gasteiger partial charge in [0.15, 0.2) is 0 Å². The Morgan fingerprint density at radius 3 is 2.30 bits per heavy atom. The van der Waals surface area contributed by atoms with Gasteiger partial charge < -0.3 is 5.73 Å². The standard InChI is InChI=1S/C16H22F3N/c1-11-8-14(2,3)10-15(20,9-11)12-6-4-5-7-13(12)16(17,18)19/h4-7,11H,8-10,20H2,1-3H3. The van der Waals surface area contributed by atoms with Gasteiger partial charge in [-0.05, 0) is 42.2 Å². The molecule has 1 nitrogen and oxygen atoms in total. The van der Waals surface area contributed by atoms with Crippen molar-refractivity contribution in [2.24, 2.45) is 17.1 Å². The molecule has 20 heavy (non-hydrogen) atoms. The number of halogens is 3. The normalized spacial score (nSPS) is 30.2. The smallest absolute Gasteiger partial charge is 0.321 e. The van der Waals surface area contributed by atoms with Crippen LogP contribution in [0.25, 0.3) is 0 Å². The Morgan fingerprint density at radius 1 is 1.15 bits per heavy atom. The maximum absolute atomic E-state index is 13.2. The molecule has 0 heterocycles. The van der Waals surface area contributed by atoms with E-state index in [1.165, 1.54) is 12.1 Å². The van der Waals surface area contributed by atoms with E-state index < -0.39 is 17.3 Å². The zero-order chi connectivity index (χ0) is 15.2. The number of nitrogens with two attached hydrogens (primary N) is 1. The lowest BCUT2D eigenvalue weighted by Gasteiger charge is -2.46. The van der Waals surface area contributed by atoms with Crippen molar-refractivity contribution in [2.75, 3.05) is 0 Å². The molecule has 1 aliphatic rings. The first-order chi connectivity index (χ1) is 9.04. The molecule has 0 aliphatic heterocycles. The quantitative estimate of drug-likeness (QED) is 0.794. The number of hydrogen-bond acceptors (Lipinski definition) is 1. The molecule has 1 aromatic rings. The van der Waals surface area contributed by atoms with Crippen molar-refractivity contribution in [2.45, 2.75) is 51.7 Å². The molecule has 0 aromatic heterocycles. The van der Waals surface area contributed by atoms with Crippen molar-refractivity contribution in [3.63, 3.8) is 0 Å². The van der Waals surface area contributed by atoms with Crippen molar-refractivity contribution in [1.82, 2.24) is 0 Å². The Morgan fingerprint density at radius 2 is 1.75 bits per heavy atom. The lowest BCUT2D eigenvalue weighted by atomic mass is 9.62. The second-order valence-corrected chi connectivity index (χ2v) is 7.05. The summed E-state index contributed by atoms with van der Waals surface area (Å²) in [4.78, 5) is 0. The Labute approximate surface area is 118 Å². The summed E-state index contributed by atoms with van der Waals surface area (Å²) in [5, 5.41) is 0. The molecule has 0 saturated heterocycles. The molecule has 1 aromatic carbocycles. The summed E-state index contributed by atoms with van der Waals surface area (Å²) < 4.78 is 39.6. The van der Waals surface area contributed by atoms with Crippen molar-refractivity contribution in [3.8, 4) is 0 Å². The second-order valence-electron chi connectivity index (χ2n) is 7.05. The van der Waals surface area contributed by atoms with Crippen LogP contribution >= 0.6 is 0 Å². The van der Waals surface area contributed by atoms with Crippen LogP contribution in [-0.4, -0.2) is 0 Å². The van der Waals surface area contributed by atoms with Crippen LogP contribution in [0.15, 0.2) is 24.3 Å². The molecule has 0 amide bonds. The molecule has 0 bridgehead atoms. The van der Waals surface area contributed by atoms with E-state index in [0.717, 1.165) is 12.5 Å². The fraction of sp³-hybridized carbons (Fsp3) is 0.625. The van der Waals surface area contributed by atoms with Gasteiger partial charge in [-0.1, -0.05) is 39.0 Å². The lowest BCUT2D eigenvalue weighted by molar-refractivity contribution is -0.139. The minimum absolute atomic E-state index is 0.0366. The summed E-state index contributed by atoms with van der Waals surface area (Å²) in [6, 6.07) is 5.74. The van der Waals surface area contributed by atoms with Gasteiger partial charge in [-0.2, -0.15) is 13.2 Å². The van der Waals surface area contributed by atoms with Crippen LogP contribution in [0, 0.1) is 11.3 Å². The molecule has 4 heteroatoms. The molecule has 2 atom stereocenters. The first kappa shape index (κ1) is 15.4. The topological polar surface area (TPSA) is 26.0 Å². The minimum Gasteiger partial charge on any atom is -0.321 e. The van der Waals surface area contributed by atoms with E-state index in [0.29, 0.717) is 18.8 Å². The summed E-state index contributed by atoms with van der Waals surface area (Å²) >= 11 is 0. The van der Waals surface area contributed by atoms with Crippen LogP contribution in [0.3, 0.4) is 0 Å². The van der Waals surface area contributed by atoms with E-state index in [1.807, 2.05) is 0 Å². The first-order valence-corrected chi connectivity index (χ1v) is 6.99. The summed E-state index contributed by atoms with van der Waals surface area (Å²) in [7, 11) is 0. The summed E-state index contributed by atoms with van der Waals surface area (Å²) in [5.41, 5.74) is 5.16. The largest absolute Gasteiger partial charge is 0.416 e. The third-order valence-corrected chi connectivity index (χ3v) is 4.18. The highest BCUT2D eigenvalue weighted by Gasteiger charge is 2.45. The zero-order valence-electron chi connectivity index (χ0n) is 12.2. The molecule has 0 radical (unpaired) electrons. The van der Waals surface area contributed by atoms with Crippen LogP contribution in [0.1, 0.15) is 51.2 Å². The van der Waals surface area contributed by atoms with E-state index in [9.17, 15) is 13.2 Å². The zero-order valence-corrected chi connectivity index (χ0v) is 12.2. The third-order valence-electron chi connectivity index (χ3n) is 4.18. The van der Waals surface area contributed by atoms with E-state index in [1.54, 1.807) is 6.07 Å². The number of rotatable bonds is 1. The molecule has 2 unspecified atom stereocenters. The number of benzene rings is 1. The summed E-state index contributed by atoms with van der Waals surface area (Å²) in [6.45, 7) is 6.24. The van der Waals surface area contributed by atoms with Crippen molar-refractivity contribution in [3.05, 3.63) is 35.4 Å². The summed E-state index contributed by atoms with van der Waals surface area (Å²) in [5.74, 6) is 0.324. The van der Waals surface area contributed by atoms with E-state index >= 15 is 0 Å². The Bertz CT molecular complexity index is 493. The maximum Gasteiger partial charge on any atom is 0.416 e. The van der Waals surface area contributed by atoms with Gasteiger partial charge in [0, 0.05) is 5.54 Å². The van der Waals surface area contributed by atoms with Gasteiger partial charge in [0.25, 0.3) is 0 Å². The predicted molar refractivity (Wildman–Crippen MR) is 74.1 cm³/mol. The van der Waals surface area contributed by atoms with E-state index in [-0.39, 0.29) is 11.0 Å². The summed E-state index contributed by atoms with van der Waals surface area (Å²) in [6.07, 6.45) is -2.17. The van der Waals surface area contributed by atoms with Crippen LogP contribution in [-0.2, 0) is 11.7 Å². The average Bonchev–Trinajstić information content (AvgIpc) is 2.24. The highest BCUT2D eigenvalue weighted by Crippen LogP contribution is 2.49. The Kier molecular flexibility index (Phi) is 3.66. The van der Waals surface area contributed by atoms with Crippen molar-refractivity contribution < 1.29 is 13.2 Å². The Hall–Kier alpha value is -1.03. The molecule has 112 valence electrons. The van der Waals surface area contributed by atoms with Crippen LogP contribution in [0.5, 0.6) is 0 Å². The van der Waals surface area contributed by atoms with Crippen molar-refractivity contribution in [1.29, 1.82) is 0 Å². The Balaban J connectivity index is 2.50. The highest BCUT2D eigenvalue weighted by molar-refractivity contribution is 5.36. The molecular weight excluding hydrogens is 263 g/mol. The number of alkyl halides is 3. The molecule has 0 spiro atoms. The fourth-order valence-corrected chi connectivity index (χ4v) is 4.01. The van der Waals surface area contributed by atoms with Gasteiger partial charge >= 0.3 is 6.18 Å². The van der Waals surface area contributed by atoms with Crippen LogP contribution in [0.2, 0.25) is 0 Å². The lowest BCUT2D eigenvalue weighted by Crippen LogP contribution is -2.47. The van der Waals surface area contributed by atoms with E-state index in [2.05, 4.69) is 20.8 Å². The SMILES string of the molecule is CC1CC(C)(C)CC(N)(c2ccccc2C(F)(F)F)C1. The minimum atomic E-state index is -4.35.